The van der Waals surface area contributed by atoms with Crippen LogP contribution in [0, 0.1) is 5.82 Å². The zero-order valence-corrected chi connectivity index (χ0v) is 20.7. The van der Waals surface area contributed by atoms with Crippen molar-refractivity contribution >= 4 is 54.5 Å². The molecule has 0 aliphatic heterocycles. The number of sulfone groups is 1. The van der Waals surface area contributed by atoms with Crippen LogP contribution >= 0.6 is 22.9 Å². The van der Waals surface area contributed by atoms with Crippen LogP contribution in [-0.2, 0) is 29.2 Å². The largest absolute Gasteiger partial charge is 0.340 e. The van der Waals surface area contributed by atoms with Gasteiger partial charge >= 0.3 is 0 Å². The highest BCUT2D eigenvalue weighted by atomic mass is 35.5. The summed E-state index contributed by atoms with van der Waals surface area (Å²) in [6.07, 6.45) is 6.29. The number of nitrogens with zero attached hydrogens (tertiary/aromatic N) is 4. The van der Waals surface area contributed by atoms with E-state index in [9.17, 15) is 12.8 Å². The summed E-state index contributed by atoms with van der Waals surface area (Å²) in [6.45, 7) is 1.73. The van der Waals surface area contributed by atoms with Gasteiger partial charge in [-0.15, -0.1) is 11.3 Å². The van der Waals surface area contributed by atoms with Gasteiger partial charge in [0.2, 0.25) is 0 Å². The number of thiophene rings is 1. The van der Waals surface area contributed by atoms with Crippen molar-refractivity contribution in [1.29, 1.82) is 0 Å². The minimum absolute atomic E-state index is 0.0468. The molecule has 12 heteroatoms. The summed E-state index contributed by atoms with van der Waals surface area (Å²) in [5, 5.41) is 12.0. The Morgan fingerprint density at radius 3 is 2.88 bits per heavy atom. The Labute approximate surface area is 205 Å². The molecule has 0 unspecified atom stereocenters. The number of halogens is 2. The molecule has 1 aliphatic carbocycles. The van der Waals surface area contributed by atoms with E-state index in [2.05, 4.69) is 25.7 Å². The Morgan fingerprint density at radius 1 is 1.24 bits per heavy atom. The smallest absolute Gasteiger partial charge is 0.148 e. The predicted molar refractivity (Wildman–Crippen MR) is 133 cm³/mol. The lowest BCUT2D eigenvalue weighted by molar-refractivity contribution is 0.541. The van der Waals surface area contributed by atoms with Crippen LogP contribution in [0.3, 0.4) is 0 Å². The molecule has 1 aromatic carbocycles. The number of hydrogen-bond acceptors (Lipinski definition) is 8. The first-order valence-electron chi connectivity index (χ1n) is 10.7. The number of rotatable bonds is 8. The van der Waals surface area contributed by atoms with Crippen molar-refractivity contribution in [2.75, 3.05) is 30.4 Å². The Bertz CT molecular complexity index is 1480. The maximum Gasteiger partial charge on any atom is 0.148 e. The first-order valence-corrected chi connectivity index (χ1v) is 14.0. The quantitative estimate of drug-likeness (QED) is 0.340. The predicted octanol–water partition coefficient (Wildman–Crippen LogP) is 3.82. The molecule has 0 spiro atoms. The van der Waals surface area contributed by atoms with Crippen LogP contribution in [0.4, 0.5) is 15.9 Å². The van der Waals surface area contributed by atoms with E-state index in [4.69, 9.17) is 11.6 Å². The third-order valence-electron chi connectivity index (χ3n) is 5.72. The number of aryl methyl sites for hydroxylation is 1. The molecule has 2 N–H and O–H groups in total. The van der Waals surface area contributed by atoms with Crippen molar-refractivity contribution in [2.45, 2.75) is 19.4 Å². The number of aromatic nitrogens is 4. The van der Waals surface area contributed by atoms with Crippen molar-refractivity contribution < 1.29 is 12.8 Å². The molecule has 8 nitrogen and oxygen atoms in total. The van der Waals surface area contributed by atoms with Gasteiger partial charge in [0, 0.05) is 41.2 Å². The highest BCUT2D eigenvalue weighted by molar-refractivity contribution is 7.90. The van der Waals surface area contributed by atoms with Crippen molar-refractivity contribution in [2.24, 2.45) is 0 Å². The molecule has 0 fully saturated rings. The van der Waals surface area contributed by atoms with Crippen molar-refractivity contribution in [3.63, 3.8) is 0 Å². The van der Waals surface area contributed by atoms with Crippen LogP contribution in [0.1, 0.15) is 11.3 Å². The minimum atomic E-state index is -2.97. The lowest BCUT2D eigenvalue weighted by Crippen LogP contribution is -2.26. The van der Waals surface area contributed by atoms with Crippen LogP contribution in [0.15, 0.2) is 30.7 Å². The number of anilines is 2. The number of fused-ring (bicyclic) bond motifs is 5. The summed E-state index contributed by atoms with van der Waals surface area (Å²) < 4.78 is 38.1. The highest BCUT2D eigenvalue weighted by Gasteiger charge is 2.26. The molecule has 0 radical (unpaired) electrons. The Hall–Kier alpha value is -2.60. The first kappa shape index (κ1) is 23.2. The van der Waals surface area contributed by atoms with E-state index in [0.29, 0.717) is 31.1 Å². The van der Waals surface area contributed by atoms with E-state index in [1.807, 2.05) is 10.9 Å². The van der Waals surface area contributed by atoms with Crippen LogP contribution in [0.2, 0.25) is 5.02 Å². The topological polar surface area (TPSA) is 102 Å². The summed E-state index contributed by atoms with van der Waals surface area (Å²) in [4.78, 5) is 10.9. The summed E-state index contributed by atoms with van der Waals surface area (Å²) in [7, 11) is -2.97. The van der Waals surface area contributed by atoms with Gasteiger partial charge in [0.15, 0.2) is 0 Å². The van der Waals surface area contributed by atoms with Crippen molar-refractivity contribution in [3.05, 3.63) is 52.8 Å². The maximum atomic E-state index is 13.6. The molecule has 4 aromatic rings. The van der Waals surface area contributed by atoms with Gasteiger partial charge in [-0.25, -0.2) is 22.8 Å². The van der Waals surface area contributed by atoms with Crippen molar-refractivity contribution in [1.82, 2.24) is 25.1 Å². The monoisotopic (exact) mass is 520 g/mol. The fourth-order valence-corrected chi connectivity index (χ4v) is 6.04. The van der Waals surface area contributed by atoms with Gasteiger partial charge < -0.3 is 10.6 Å². The molecule has 34 heavy (non-hydrogen) atoms. The molecule has 0 saturated heterocycles. The van der Waals surface area contributed by atoms with Crippen LogP contribution in [0.5, 0.6) is 0 Å². The van der Waals surface area contributed by atoms with Crippen LogP contribution < -0.4 is 10.6 Å². The van der Waals surface area contributed by atoms with E-state index in [-0.39, 0.29) is 10.8 Å². The Morgan fingerprint density at radius 2 is 2.09 bits per heavy atom. The summed E-state index contributed by atoms with van der Waals surface area (Å²) in [6, 6.07) is 4.48. The average molecular weight is 521 g/mol. The van der Waals surface area contributed by atoms with Gasteiger partial charge in [0.1, 0.15) is 32.6 Å². The van der Waals surface area contributed by atoms with E-state index in [1.165, 1.54) is 30.3 Å². The average Bonchev–Trinajstić information content (AvgIpc) is 3.37. The second-order valence-electron chi connectivity index (χ2n) is 8.17. The van der Waals surface area contributed by atoms with E-state index >= 15 is 0 Å². The lowest BCUT2D eigenvalue weighted by atomic mass is 9.95. The van der Waals surface area contributed by atoms with Gasteiger partial charge in [-0.1, -0.05) is 11.6 Å². The van der Waals surface area contributed by atoms with Crippen LogP contribution in [-0.4, -0.2) is 53.3 Å². The van der Waals surface area contributed by atoms with Gasteiger partial charge in [0.25, 0.3) is 0 Å². The summed E-state index contributed by atoms with van der Waals surface area (Å²) >= 11 is 7.55. The second-order valence-corrected chi connectivity index (χ2v) is 11.8. The second kappa shape index (κ2) is 9.21. The van der Waals surface area contributed by atoms with Gasteiger partial charge in [-0.3, -0.25) is 4.68 Å². The standard InChI is InChI=1S/C22H22ClFN6O2S2/c1-34(31,32)9-7-25-6-8-30-18-5-3-14-19-21(29-13-2-4-17(24)16(23)10-13)26-12-27-22(19)33-20(14)15(18)11-28-30/h2,4,10-12,25H,3,5-9H2,1H3,(H,26,27,29). The SMILES string of the molecule is CS(=O)(=O)CCNCCn1ncc2c1CCc1c-2sc2ncnc(Nc3ccc(F)c(Cl)c3)c12. The molecule has 0 atom stereocenters. The third-order valence-corrected chi connectivity index (χ3v) is 8.13. The Balaban J connectivity index is 1.39. The van der Waals surface area contributed by atoms with E-state index < -0.39 is 15.7 Å². The number of hydrogen-bond donors (Lipinski definition) is 2. The Kier molecular flexibility index (Phi) is 6.28. The normalized spacial score (nSPS) is 13.1. The molecule has 3 heterocycles. The lowest BCUT2D eigenvalue weighted by Gasteiger charge is -2.16. The molecular formula is C22H22ClFN6O2S2. The van der Waals surface area contributed by atoms with Crippen LogP contribution in [0.25, 0.3) is 20.7 Å². The fraction of sp³-hybridized carbons (Fsp3) is 0.318. The van der Waals surface area contributed by atoms with E-state index in [1.54, 1.807) is 17.4 Å². The molecule has 0 bridgehead atoms. The number of nitrogens with one attached hydrogen (secondary N) is 2. The molecule has 178 valence electrons. The third kappa shape index (κ3) is 4.65. The molecular weight excluding hydrogens is 499 g/mol. The molecule has 0 saturated carbocycles. The zero-order chi connectivity index (χ0) is 23.9. The summed E-state index contributed by atoms with van der Waals surface area (Å²) in [5.74, 6) is 0.316. The summed E-state index contributed by atoms with van der Waals surface area (Å²) in [5.41, 5.74) is 4.08. The zero-order valence-electron chi connectivity index (χ0n) is 18.3. The molecule has 0 amide bonds. The minimum Gasteiger partial charge on any atom is -0.340 e. The van der Waals surface area contributed by atoms with Gasteiger partial charge in [-0.05, 0) is 36.6 Å². The fourth-order valence-electron chi connectivity index (χ4n) is 4.12. The maximum absolute atomic E-state index is 13.6. The van der Waals surface area contributed by atoms with Gasteiger partial charge in [-0.2, -0.15) is 5.10 Å². The van der Waals surface area contributed by atoms with E-state index in [0.717, 1.165) is 39.2 Å². The molecule has 1 aliphatic rings. The first-order chi connectivity index (χ1) is 16.3. The molecule has 3 aromatic heterocycles. The van der Waals surface area contributed by atoms with Gasteiger partial charge in [0.05, 0.1) is 28.9 Å². The molecule has 5 rings (SSSR count). The van der Waals surface area contributed by atoms with Crippen molar-refractivity contribution in [3.8, 4) is 10.4 Å². The highest BCUT2D eigenvalue weighted by Crippen LogP contribution is 2.45. The number of benzene rings is 1.